The summed E-state index contributed by atoms with van der Waals surface area (Å²) in [6.45, 7) is 2.60. The predicted octanol–water partition coefficient (Wildman–Crippen LogP) is 3.85. The molecule has 1 aromatic carbocycles. The lowest BCUT2D eigenvalue weighted by Gasteiger charge is -2.20. The minimum atomic E-state index is -0.0137. The molecule has 0 radical (unpaired) electrons. The first-order valence-corrected chi connectivity index (χ1v) is 8.61. The quantitative estimate of drug-likeness (QED) is 0.791. The number of carbonyl (C=O) groups excluding carboxylic acids is 1. The second-order valence-corrected chi connectivity index (χ2v) is 6.20. The van der Waals surface area contributed by atoms with Gasteiger partial charge in [0.25, 0.3) is 0 Å². The number of Topliss-reactive ketones (excluding diaryl/α,β-unsaturated/α-hetero) is 1. The lowest BCUT2D eigenvalue weighted by molar-refractivity contribution is 0.0984. The van der Waals surface area contributed by atoms with Gasteiger partial charge in [-0.3, -0.25) is 9.78 Å². The van der Waals surface area contributed by atoms with Crippen LogP contribution in [0, 0.1) is 0 Å². The molecule has 25 heavy (non-hydrogen) atoms. The molecule has 0 aliphatic carbocycles. The molecule has 0 spiro atoms. The van der Waals surface area contributed by atoms with Crippen LogP contribution >= 0.6 is 0 Å². The Balaban J connectivity index is 1.98. The number of aromatic nitrogens is 1. The summed E-state index contributed by atoms with van der Waals surface area (Å²) in [7, 11) is 1.59. The van der Waals surface area contributed by atoms with Crippen LogP contribution in [0.25, 0.3) is 0 Å². The first kappa shape index (κ1) is 17.3. The predicted molar refractivity (Wildman–Crippen MR) is 94.7 cm³/mol. The van der Waals surface area contributed by atoms with Crippen LogP contribution in [0.2, 0.25) is 0 Å². The highest BCUT2D eigenvalue weighted by molar-refractivity contribution is 6.01. The Hall–Kier alpha value is -2.56. The Bertz CT molecular complexity index is 730. The number of benzene rings is 1. The summed E-state index contributed by atoms with van der Waals surface area (Å²) in [6.07, 6.45) is 6.58. The molecule has 0 saturated carbocycles. The Labute approximate surface area is 147 Å². The summed E-state index contributed by atoms with van der Waals surface area (Å²) in [5.74, 6) is 1.59. The topological polar surface area (TPSA) is 57.7 Å². The average Bonchev–Trinajstić information content (AvgIpc) is 2.71. The van der Waals surface area contributed by atoms with E-state index in [0.717, 1.165) is 24.8 Å². The molecule has 132 valence electrons. The van der Waals surface area contributed by atoms with Crippen molar-refractivity contribution in [1.29, 1.82) is 0 Å². The molecule has 1 aromatic heterocycles. The number of fused-ring (bicyclic) bond motifs is 1. The highest BCUT2D eigenvalue weighted by atomic mass is 16.5. The van der Waals surface area contributed by atoms with Crippen LogP contribution in [0.1, 0.15) is 42.1 Å². The van der Waals surface area contributed by atoms with Gasteiger partial charge in [-0.05, 0) is 56.0 Å². The summed E-state index contributed by atoms with van der Waals surface area (Å²) >= 11 is 0. The van der Waals surface area contributed by atoms with E-state index >= 15 is 0 Å². The fourth-order valence-electron chi connectivity index (χ4n) is 2.93. The largest absolute Gasteiger partial charge is 0.493 e. The van der Waals surface area contributed by atoms with Crippen LogP contribution in [0.4, 0.5) is 0 Å². The van der Waals surface area contributed by atoms with Crippen molar-refractivity contribution in [3.8, 4) is 17.2 Å². The van der Waals surface area contributed by atoms with Gasteiger partial charge in [0.2, 0.25) is 5.75 Å². The van der Waals surface area contributed by atoms with Crippen molar-refractivity contribution in [1.82, 2.24) is 4.98 Å². The number of ketones is 1. The first-order valence-electron chi connectivity index (χ1n) is 8.61. The van der Waals surface area contributed by atoms with E-state index in [2.05, 4.69) is 4.98 Å². The molecule has 3 rings (SSSR count). The second-order valence-electron chi connectivity index (χ2n) is 6.20. The van der Waals surface area contributed by atoms with E-state index < -0.39 is 0 Å². The standard InChI is InChI=1S/C20H23NO4/c1-14-5-3-4-12-24-20-18(23-2)7-6-16(19(20)25-14)17(22)13-15-8-10-21-11-9-15/h6-11,14H,3-5,12-13H2,1-2H3. The van der Waals surface area contributed by atoms with Crippen molar-refractivity contribution in [2.45, 2.75) is 38.7 Å². The summed E-state index contributed by atoms with van der Waals surface area (Å²) in [4.78, 5) is 16.9. The van der Waals surface area contributed by atoms with Gasteiger partial charge in [-0.15, -0.1) is 0 Å². The molecule has 2 heterocycles. The maximum absolute atomic E-state index is 12.9. The van der Waals surface area contributed by atoms with Crippen molar-refractivity contribution in [2.24, 2.45) is 0 Å². The summed E-state index contributed by atoms with van der Waals surface area (Å²) in [6, 6.07) is 7.21. The smallest absolute Gasteiger partial charge is 0.204 e. The van der Waals surface area contributed by atoms with Gasteiger partial charge >= 0.3 is 0 Å². The Morgan fingerprint density at radius 1 is 1.20 bits per heavy atom. The van der Waals surface area contributed by atoms with Crippen LogP contribution in [-0.4, -0.2) is 30.6 Å². The molecule has 0 saturated heterocycles. The average molecular weight is 341 g/mol. The number of pyridine rings is 1. The van der Waals surface area contributed by atoms with Crippen molar-refractivity contribution < 1.29 is 19.0 Å². The maximum Gasteiger partial charge on any atom is 0.204 e. The van der Waals surface area contributed by atoms with Crippen molar-refractivity contribution in [3.63, 3.8) is 0 Å². The number of carbonyl (C=O) groups is 1. The number of nitrogens with zero attached hydrogens (tertiary/aromatic N) is 1. The molecule has 1 unspecified atom stereocenters. The van der Waals surface area contributed by atoms with Gasteiger partial charge in [-0.1, -0.05) is 0 Å². The van der Waals surface area contributed by atoms with Crippen LogP contribution in [0.3, 0.4) is 0 Å². The van der Waals surface area contributed by atoms with Gasteiger partial charge < -0.3 is 14.2 Å². The summed E-state index contributed by atoms with van der Waals surface area (Å²) in [5, 5.41) is 0. The molecule has 0 N–H and O–H groups in total. The van der Waals surface area contributed by atoms with E-state index in [0.29, 0.717) is 35.8 Å². The van der Waals surface area contributed by atoms with Gasteiger partial charge in [0.1, 0.15) is 0 Å². The van der Waals surface area contributed by atoms with E-state index in [1.165, 1.54) is 0 Å². The first-order chi connectivity index (χ1) is 12.2. The van der Waals surface area contributed by atoms with Gasteiger partial charge in [-0.2, -0.15) is 0 Å². The molecule has 0 fully saturated rings. The van der Waals surface area contributed by atoms with Gasteiger partial charge in [0.05, 0.1) is 25.4 Å². The fourth-order valence-corrected chi connectivity index (χ4v) is 2.93. The fraction of sp³-hybridized carbons (Fsp3) is 0.400. The monoisotopic (exact) mass is 341 g/mol. The van der Waals surface area contributed by atoms with Crippen molar-refractivity contribution in [2.75, 3.05) is 13.7 Å². The van der Waals surface area contributed by atoms with E-state index in [1.54, 1.807) is 31.6 Å². The van der Waals surface area contributed by atoms with Crippen molar-refractivity contribution in [3.05, 3.63) is 47.8 Å². The number of hydrogen-bond acceptors (Lipinski definition) is 5. The van der Waals surface area contributed by atoms with Crippen LogP contribution < -0.4 is 14.2 Å². The number of rotatable bonds is 4. The molecule has 1 atom stereocenters. The van der Waals surface area contributed by atoms with E-state index in [4.69, 9.17) is 14.2 Å². The van der Waals surface area contributed by atoms with Gasteiger partial charge in [0.15, 0.2) is 17.3 Å². The van der Waals surface area contributed by atoms with E-state index in [-0.39, 0.29) is 11.9 Å². The molecule has 5 nitrogen and oxygen atoms in total. The number of hydrogen-bond donors (Lipinski definition) is 0. The molecule has 0 amide bonds. The highest BCUT2D eigenvalue weighted by Gasteiger charge is 2.24. The molecule has 1 aliphatic heterocycles. The minimum absolute atomic E-state index is 0.0137. The van der Waals surface area contributed by atoms with Crippen LogP contribution in [0.15, 0.2) is 36.7 Å². The summed E-state index contributed by atoms with van der Waals surface area (Å²) in [5.41, 5.74) is 1.45. The maximum atomic E-state index is 12.9. The molecule has 0 bridgehead atoms. The van der Waals surface area contributed by atoms with Gasteiger partial charge in [0, 0.05) is 18.8 Å². The molecule has 2 aromatic rings. The highest BCUT2D eigenvalue weighted by Crippen LogP contribution is 2.42. The Morgan fingerprint density at radius 2 is 2.00 bits per heavy atom. The minimum Gasteiger partial charge on any atom is -0.493 e. The second kappa shape index (κ2) is 8.01. The lowest BCUT2D eigenvalue weighted by atomic mass is 10.0. The number of methoxy groups -OCH3 is 1. The molecule has 1 aliphatic rings. The number of ether oxygens (including phenoxy) is 3. The third-order valence-electron chi connectivity index (χ3n) is 4.28. The van der Waals surface area contributed by atoms with Gasteiger partial charge in [-0.25, -0.2) is 0 Å². The third kappa shape index (κ3) is 4.10. The summed E-state index contributed by atoms with van der Waals surface area (Å²) < 4.78 is 17.4. The molecule has 5 heteroatoms. The van der Waals surface area contributed by atoms with Crippen molar-refractivity contribution >= 4 is 5.78 Å². The zero-order chi connectivity index (χ0) is 17.6. The van der Waals surface area contributed by atoms with E-state index in [1.807, 2.05) is 19.1 Å². The molecular formula is C20H23NO4. The third-order valence-corrected chi connectivity index (χ3v) is 4.28. The molecular weight excluding hydrogens is 318 g/mol. The Morgan fingerprint density at radius 3 is 2.76 bits per heavy atom. The lowest BCUT2D eigenvalue weighted by Crippen LogP contribution is -2.15. The zero-order valence-corrected chi connectivity index (χ0v) is 14.7. The zero-order valence-electron chi connectivity index (χ0n) is 14.7. The van der Waals surface area contributed by atoms with E-state index in [9.17, 15) is 4.79 Å². The normalized spacial score (nSPS) is 17.1. The van der Waals surface area contributed by atoms with Crippen LogP contribution in [-0.2, 0) is 6.42 Å². The van der Waals surface area contributed by atoms with Crippen LogP contribution in [0.5, 0.6) is 17.2 Å². The SMILES string of the molecule is COc1ccc(C(=O)Cc2ccncc2)c2c1OCCCCC(C)O2. The Kier molecular flexibility index (Phi) is 5.53.